The Hall–Kier alpha value is -3.09. The number of aromatic hydroxyl groups is 1. The van der Waals surface area contributed by atoms with Crippen molar-refractivity contribution in [2.45, 2.75) is 26.3 Å². The summed E-state index contributed by atoms with van der Waals surface area (Å²) in [6, 6.07) is 13.9. The van der Waals surface area contributed by atoms with Crippen LogP contribution in [0.1, 0.15) is 30.9 Å². The minimum Gasteiger partial charge on any atom is -0.494 e. The number of hydrogen-bond donors (Lipinski definition) is 3. The summed E-state index contributed by atoms with van der Waals surface area (Å²) < 4.78 is 1.19. The SMILES string of the molecule is CC(=Nc1ccc(CN2CC=C3CC=C(Br)C=C3CC2)cc1)c1c(O)[nH]c2ccc(N)cc12. The smallest absolute Gasteiger partial charge is 0.198 e. The Morgan fingerprint density at radius 2 is 1.97 bits per heavy atom. The van der Waals surface area contributed by atoms with Crippen molar-refractivity contribution in [3.8, 4) is 5.88 Å². The molecule has 33 heavy (non-hydrogen) atoms. The topological polar surface area (TPSA) is 77.6 Å². The molecule has 4 N–H and O–H groups in total. The highest BCUT2D eigenvalue weighted by molar-refractivity contribution is 9.11. The van der Waals surface area contributed by atoms with Crippen LogP contribution in [0.5, 0.6) is 5.88 Å². The number of hydrogen-bond acceptors (Lipinski definition) is 4. The number of nitrogens with two attached hydrogens (primary N) is 1. The van der Waals surface area contributed by atoms with Crippen LogP contribution in [0.3, 0.4) is 0 Å². The minimum atomic E-state index is 0.113. The fourth-order valence-electron chi connectivity index (χ4n) is 4.60. The van der Waals surface area contributed by atoms with E-state index in [0.29, 0.717) is 11.3 Å². The van der Waals surface area contributed by atoms with Gasteiger partial charge in [-0.3, -0.25) is 9.89 Å². The molecule has 0 unspecified atom stereocenters. The predicted molar refractivity (Wildman–Crippen MR) is 140 cm³/mol. The summed E-state index contributed by atoms with van der Waals surface area (Å²) in [4.78, 5) is 10.2. The third kappa shape index (κ3) is 4.68. The number of aliphatic imine (C=N–C) groups is 1. The Kier molecular flexibility index (Phi) is 5.96. The largest absolute Gasteiger partial charge is 0.494 e. The van der Waals surface area contributed by atoms with Crippen LogP contribution in [0.25, 0.3) is 10.9 Å². The lowest BCUT2D eigenvalue weighted by Crippen LogP contribution is -2.23. The number of fused-ring (bicyclic) bond motifs is 2. The fourth-order valence-corrected chi connectivity index (χ4v) is 5.04. The lowest BCUT2D eigenvalue weighted by atomic mass is 9.96. The third-order valence-corrected chi connectivity index (χ3v) is 6.89. The van der Waals surface area contributed by atoms with Gasteiger partial charge in [0.1, 0.15) is 0 Å². The van der Waals surface area contributed by atoms with Crippen molar-refractivity contribution in [1.82, 2.24) is 9.88 Å². The van der Waals surface area contributed by atoms with Crippen LogP contribution in [0.2, 0.25) is 0 Å². The summed E-state index contributed by atoms with van der Waals surface area (Å²) in [7, 11) is 0. The molecule has 3 aromatic rings. The Morgan fingerprint density at radius 1 is 1.15 bits per heavy atom. The van der Waals surface area contributed by atoms with Gasteiger partial charge in [0, 0.05) is 40.7 Å². The standard InChI is InChI=1S/C27H27BrN4O/c1-17(26-24-15-22(29)6-9-25(24)31-27(26)33)30-23-7-2-18(3-8-23)16-32-12-10-19-4-5-21(28)14-20(19)11-13-32/h2-3,5-10,14-15,31,33H,4,11-13,16,29H2,1H3. The molecule has 1 aliphatic carbocycles. The Morgan fingerprint density at radius 3 is 2.79 bits per heavy atom. The molecule has 2 aliphatic rings. The van der Waals surface area contributed by atoms with Crippen molar-refractivity contribution in [3.05, 3.63) is 87.4 Å². The molecular formula is C27H27BrN4O. The van der Waals surface area contributed by atoms with E-state index in [9.17, 15) is 5.11 Å². The highest BCUT2D eigenvalue weighted by Gasteiger charge is 2.17. The van der Waals surface area contributed by atoms with Crippen molar-refractivity contribution >= 4 is 43.9 Å². The number of aromatic amines is 1. The van der Waals surface area contributed by atoms with E-state index in [-0.39, 0.29) is 5.88 Å². The second-order valence-corrected chi connectivity index (χ2v) is 9.61. The van der Waals surface area contributed by atoms with Crippen molar-refractivity contribution in [2.24, 2.45) is 4.99 Å². The predicted octanol–water partition coefficient (Wildman–Crippen LogP) is 6.34. The molecule has 0 atom stereocenters. The van der Waals surface area contributed by atoms with E-state index >= 15 is 0 Å². The molecule has 0 saturated heterocycles. The van der Waals surface area contributed by atoms with Gasteiger partial charge in [-0.15, -0.1) is 0 Å². The molecule has 0 amide bonds. The average molecular weight is 503 g/mol. The van der Waals surface area contributed by atoms with Crippen LogP contribution in [-0.2, 0) is 6.54 Å². The van der Waals surface area contributed by atoms with E-state index < -0.39 is 0 Å². The summed E-state index contributed by atoms with van der Waals surface area (Å²) in [6.45, 7) is 4.84. The quantitative estimate of drug-likeness (QED) is 0.287. The van der Waals surface area contributed by atoms with Gasteiger partial charge < -0.3 is 15.8 Å². The van der Waals surface area contributed by atoms with E-state index in [4.69, 9.17) is 10.7 Å². The van der Waals surface area contributed by atoms with E-state index in [1.54, 1.807) is 0 Å². The molecule has 0 saturated carbocycles. The molecule has 168 valence electrons. The third-order valence-electron chi connectivity index (χ3n) is 6.34. The zero-order valence-corrected chi connectivity index (χ0v) is 20.2. The zero-order chi connectivity index (χ0) is 22.9. The fraction of sp³-hybridized carbons (Fsp3) is 0.222. The first-order chi connectivity index (χ1) is 16.0. The summed E-state index contributed by atoms with van der Waals surface area (Å²) in [5, 5.41) is 11.3. The number of nitrogens with one attached hydrogen (secondary N) is 1. The van der Waals surface area contributed by atoms with Crippen LogP contribution < -0.4 is 5.73 Å². The van der Waals surface area contributed by atoms with E-state index in [2.05, 4.69) is 56.2 Å². The first-order valence-corrected chi connectivity index (χ1v) is 12.0. The van der Waals surface area contributed by atoms with Crippen LogP contribution in [0.15, 0.2) is 81.3 Å². The van der Waals surface area contributed by atoms with Crippen LogP contribution >= 0.6 is 15.9 Å². The van der Waals surface area contributed by atoms with Gasteiger partial charge >= 0.3 is 0 Å². The first-order valence-electron chi connectivity index (χ1n) is 11.2. The molecule has 0 radical (unpaired) electrons. The molecule has 1 aromatic heterocycles. The van der Waals surface area contributed by atoms with Crippen molar-refractivity contribution in [1.29, 1.82) is 0 Å². The summed E-state index contributed by atoms with van der Waals surface area (Å²) in [5.74, 6) is 0.113. The molecule has 2 heterocycles. The summed E-state index contributed by atoms with van der Waals surface area (Å²) in [5.41, 5.74) is 13.9. The summed E-state index contributed by atoms with van der Waals surface area (Å²) >= 11 is 3.61. The number of nitrogens with zero attached hydrogens (tertiary/aromatic N) is 2. The molecule has 0 fully saturated rings. The number of nitrogen functional groups attached to an aromatic ring is 1. The minimum absolute atomic E-state index is 0.113. The normalized spacial score (nSPS) is 17.3. The van der Waals surface area contributed by atoms with Gasteiger partial charge in [-0.25, -0.2) is 0 Å². The lowest BCUT2D eigenvalue weighted by molar-refractivity contribution is 0.302. The Bertz CT molecular complexity index is 1330. The molecule has 1 aliphatic heterocycles. The van der Waals surface area contributed by atoms with Gasteiger partial charge in [-0.1, -0.05) is 40.2 Å². The number of aromatic nitrogens is 1. The molecule has 6 heteroatoms. The molecule has 2 aromatic carbocycles. The maximum absolute atomic E-state index is 10.4. The highest BCUT2D eigenvalue weighted by Crippen LogP contribution is 2.32. The highest BCUT2D eigenvalue weighted by atomic mass is 79.9. The monoisotopic (exact) mass is 502 g/mol. The van der Waals surface area contributed by atoms with Gasteiger partial charge in [-0.2, -0.15) is 0 Å². The number of halogens is 1. The molecule has 5 nitrogen and oxygen atoms in total. The maximum atomic E-state index is 10.4. The number of rotatable bonds is 4. The second kappa shape index (κ2) is 9.04. The molecule has 0 spiro atoms. The molecule has 5 rings (SSSR count). The van der Waals surface area contributed by atoms with E-state index in [1.807, 2.05) is 37.3 Å². The van der Waals surface area contributed by atoms with Crippen LogP contribution in [0.4, 0.5) is 11.4 Å². The van der Waals surface area contributed by atoms with Gasteiger partial charge in [0.15, 0.2) is 5.88 Å². The number of H-pyrrole nitrogens is 1. The maximum Gasteiger partial charge on any atom is 0.198 e. The van der Waals surface area contributed by atoms with E-state index in [0.717, 1.165) is 54.8 Å². The Balaban J connectivity index is 1.30. The Labute approximate surface area is 202 Å². The van der Waals surface area contributed by atoms with Crippen molar-refractivity contribution < 1.29 is 5.11 Å². The molecule has 0 bridgehead atoms. The van der Waals surface area contributed by atoms with Gasteiger partial charge in [0.05, 0.1) is 17.0 Å². The summed E-state index contributed by atoms with van der Waals surface area (Å²) in [6.07, 6.45) is 8.96. The number of benzene rings is 2. The van der Waals surface area contributed by atoms with Gasteiger partial charge in [0.25, 0.3) is 0 Å². The van der Waals surface area contributed by atoms with Crippen LogP contribution in [-0.4, -0.2) is 33.8 Å². The van der Waals surface area contributed by atoms with Crippen LogP contribution in [0, 0.1) is 0 Å². The molecular weight excluding hydrogens is 476 g/mol. The lowest BCUT2D eigenvalue weighted by Gasteiger charge is -2.19. The van der Waals surface area contributed by atoms with E-state index in [1.165, 1.54) is 21.2 Å². The van der Waals surface area contributed by atoms with Gasteiger partial charge in [-0.05, 0) is 72.9 Å². The number of allylic oxidation sites excluding steroid dienone is 4. The second-order valence-electron chi connectivity index (χ2n) is 8.69. The van der Waals surface area contributed by atoms with Crippen molar-refractivity contribution in [3.63, 3.8) is 0 Å². The zero-order valence-electron chi connectivity index (χ0n) is 18.6. The van der Waals surface area contributed by atoms with Gasteiger partial charge in [0.2, 0.25) is 0 Å². The average Bonchev–Trinajstić information content (AvgIpc) is 2.99. The van der Waals surface area contributed by atoms with Crippen molar-refractivity contribution in [2.75, 3.05) is 18.8 Å². The first kappa shape index (κ1) is 21.7. The number of anilines is 1.